The van der Waals surface area contributed by atoms with E-state index < -0.39 is 12.1 Å². The third-order valence-electron chi connectivity index (χ3n) is 4.45. The highest BCUT2D eigenvalue weighted by Crippen LogP contribution is 2.37. The van der Waals surface area contributed by atoms with Crippen molar-refractivity contribution in [3.63, 3.8) is 0 Å². The molecule has 3 aromatic rings. The summed E-state index contributed by atoms with van der Waals surface area (Å²) < 4.78 is 7.02. The van der Waals surface area contributed by atoms with Crippen LogP contribution in [0.4, 0.5) is 5.69 Å². The molecular weight excluding hydrogens is 474 g/mol. The lowest BCUT2D eigenvalue weighted by Crippen LogP contribution is -2.45. The van der Waals surface area contributed by atoms with Crippen molar-refractivity contribution in [2.24, 2.45) is 0 Å². The zero-order valence-corrected chi connectivity index (χ0v) is 18.0. The average Bonchev–Trinajstić information content (AvgIpc) is 3.19. The number of nitrogens with zero attached hydrogens (tertiary/aromatic N) is 2. The number of hydrogen-bond donors (Lipinski definition) is 2. The van der Waals surface area contributed by atoms with E-state index in [4.69, 9.17) is 16.0 Å². The highest BCUT2D eigenvalue weighted by Gasteiger charge is 2.35. The molecule has 5 nitrogen and oxygen atoms in total. The molecule has 2 heterocycles. The first-order valence-electron chi connectivity index (χ1n) is 8.52. The lowest BCUT2D eigenvalue weighted by Gasteiger charge is -2.36. The van der Waals surface area contributed by atoms with Crippen LogP contribution in [0.15, 0.2) is 80.2 Å². The Balaban J connectivity index is 1.78. The predicted octanol–water partition coefficient (Wildman–Crippen LogP) is 5.66. The molecule has 0 radical (unpaired) electrons. The van der Waals surface area contributed by atoms with E-state index in [0.717, 1.165) is 10.0 Å². The molecule has 8 heteroatoms. The maximum atomic E-state index is 12.4. The van der Waals surface area contributed by atoms with Gasteiger partial charge < -0.3 is 14.6 Å². The van der Waals surface area contributed by atoms with Gasteiger partial charge >= 0.3 is 0 Å². The Morgan fingerprint density at radius 2 is 1.79 bits per heavy atom. The fourth-order valence-corrected chi connectivity index (χ4v) is 3.82. The Morgan fingerprint density at radius 3 is 2.45 bits per heavy atom. The zero-order chi connectivity index (χ0) is 20.5. The molecule has 0 fully saturated rings. The number of thiol groups is 1. The maximum absolute atomic E-state index is 12.4. The van der Waals surface area contributed by atoms with E-state index in [9.17, 15) is 10.1 Å². The van der Waals surface area contributed by atoms with Crippen molar-refractivity contribution in [1.82, 2.24) is 5.32 Å². The molecule has 2 aromatic carbocycles. The average molecular weight is 487 g/mol. The molecule has 144 valence electrons. The summed E-state index contributed by atoms with van der Waals surface area (Å²) in [4.78, 5) is 14.2. The number of nitrogens with one attached hydrogen (secondary N) is 1. The van der Waals surface area contributed by atoms with Crippen LogP contribution in [0.5, 0.6) is 0 Å². The topological polar surface area (TPSA) is 69.3 Å². The van der Waals surface area contributed by atoms with Gasteiger partial charge in [-0.1, -0.05) is 39.7 Å². The SMILES string of the molecule is N#CC1=C(S)N(c2ccc(Cl)cc2)C(c2ccc(-c3ccc(Br)cc3)o2)NC1=O. The van der Waals surface area contributed by atoms with E-state index in [0.29, 0.717) is 22.2 Å². The summed E-state index contributed by atoms with van der Waals surface area (Å²) in [6.45, 7) is 0. The zero-order valence-electron chi connectivity index (χ0n) is 14.8. The predicted molar refractivity (Wildman–Crippen MR) is 118 cm³/mol. The summed E-state index contributed by atoms with van der Waals surface area (Å²) in [7, 11) is 0. The number of nitriles is 1. The molecule has 0 saturated carbocycles. The van der Waals surface area contributed by atoms with Crippen molar-refractivity contribution < 1.29 is 9.21 Å². The van der Waals surface area contributed by atoms with Crippen LogP contribution in [0.2, 0.25) is 5.02 Å². The largest absolute Gasteiger partial charge is 0.457 e. The van der Waals surface area contributed by atoms with E-state index in [-0.39, 0.29) is 10.6 Å². The molecule has 0 saturated heterocycles. The second kappa shape index (κ2) is 7.99. The summed E-state index contributed by atoms with van der Waals surface area (Å²) in [5.74, 6) is 0.664. The van der Waals surface area contributed by atoms with Gasteiger partial charge in [0, 0.05) is 20.7 Å². The minimum atomic E-state index is -0.669. The van der Waals surface area contributed by atoms with Gasteiger partial charge in [-0.15, -0.1) is 12.6 Å². The summed E-state index contributed by atoms with van der Waals surface area (Å²) in [5, 5.41) is 13.0. The fourth-order valence-electron chi connectivity index (χ4n) is 3.05. The highest BCUT2D eigenvalue weighted by atomic mass is 79.9. The van der Waals surface area contributed by atoms with Crippen LogP contribution in [-0.4, -0.2) is 5.91 Å². The van der Waals surface area contributed by atoms with Crippen LogP contribution < -0.4 is 10.2 Å². The van der Waals surface area contributed by atoms with E-state index in [1.807, 2.05) is 36.4 Å². The van der Waals surface area contributed by atoms with E-state index in [1.54, 1.807) is 35.2 Å². The molecule has 1 atom stereocenters. The normalized spacial score (nSPS) is 16.6. The molecule has 0 aliphatic carbocycles. The molecule has 1 aromatic heterocycles. The van der Waals surface area contributed by atoms with E-state index in [2.05, 4.69) is 33.9 Å². The van der Waals surface area contributed by atoms with Crippen LogP contribution in [0.25, 0.3) is 11.3 Å². The van der Waals surface area contributed by atoms with Gasteiger partial charge in [0.2, 0.25) is 0 Å². The molecule has 1 N–H and O–H groups in total. The second-order valence-electron chi connectivity index (χ2n) is 6.24. The van der Waals surface area contributed by atoms with E-state index in [1.165, 1.54) is 0 Å². The molecule has 0 spiro atoms. The van der Waals surface area contributed by atoms with Crippen molar-refractivity contribution in [3.05, 3.63) is 86.5 Å². The van der Waals surface area contributed by atoms with Gasteiger partial charge in [0.25, 0.3) is 5.91 Å². The van der Waals surface area contributed by atoms with Crippen LogP contribution in [0.1, 0.15) is 11.9 Å². The summed E-state index contributed by atoms with van der Waals surface area (Å²) in [6.07, 6.45) is -0.669. The molecule has 4 rings (SSSR count). The number of amides is 1. The minimum Gasteiger partial charge on any atom is -0.457 e. The number of rotatable bonds is 3. The molecule has 1 unspecified atom stereocenters. The number of carbonyl (C=O) groups excluding carboxylic acids is 1. The Kier molecular flexibility index (Phi) is 5.41. The van der Waals surface area contributed by atoms with Crippen molar-refractivity contribution in [3.8, 4) is 17.4 Å². The number of furan rings is 1. The quantitative estimate of drug-likeness (QED) is 0.469. The van der Waals surface area contributed by atoms with Gasteiger partial charge in [-0.2, -0.15) is 5.26 Å². The number of benzene rings is 2. The lowest BCUT2D eigenvalue weighted by molar-refractivity contribution is -0.118. The van der Waals surface area contributed by atoms with Crippen LogP contribution >= 0.6 is 40.2 Å². The van der Waals surface area contributed by atoms with Crippen molar-refractivity contribution in [1.29, 1.82) is 5.26 Å². The maximum Gasteiger partial charge on any atom is 0.266 e. The monoisotopic (exact) mass is 485 g/mol. The number of anilines is 1. The summed E-state index contributed by atoms with van der Waals surface area (Å²) in [5.41, 5.74) is 1.54. The number of carbonyl (C=O) groups is 1. The van der Waals surface area contributed by atoms with Crippen LogP contribution in [-0.2, 0) is 4.79 Å². The Bertz CT molecular complexity index is 1150. The third kappa shape index (κ3) is 3.79. The second-order valence-corrected chi connectivity index (χ2v) is 8.02. The first kappa shape index (κ1) is 19.6. The van der Waals surface area contributed by atoms with Gasteiger partial charge in [0.1, 0.15) is 23.2 Å². The Labute approximate surface area is 186 Å². The van der Waals surface area contributed by atoms with Gasteiger partial charge in [-0.25, -0.2) is 0 Å². The summed E-state index contributed by atoms with van der Waals surface area (Å²) >= 11 is 13.9. The van der Waals surface area contributed by atoms with Gasteiger partial charge in [-0.05, 0) is 48.5 Å². The smallest absolute Gasteiger partial charge is 0.266 e. The first-order chi connectivity index (χ1) is 14.0. The number of halogens is 2. The Hall–Kier alpha value is -2.66. The first-order valence-corrected chi connectivity index (χ1v) is 10.1. The van der Waals surface area contributed by atoms with Crippen molar-refractivity contribution in [2.75, 3.05) is 4.90 Å². The summed E-state index contributed by atoms with van der Waals surface area (Å²) in [6, 6.07) is 20.3. The molecular formula is C21H13BrClN3O2S. The van der Waals surface area contributed by atoms with Gasteiger partial charge in [0.15, 0.2) is 6.17 Å². The third-order valence-corrected chi connectivity index (χ3v) is 5.67. The standard InChI is InChI=1S/C21H13BrClN3O2S/c22-13-3-1-12(2-4-13)17-9-10-18(28-17)19-25-20(27)16(11-24)21(29)26(19)15-7-5-14(23)6-8-15/h1-10,19,29H,(H,25,27). The molecule has 29 heavy (non-hydrogen) atoms. The molecule has 1 aliphatic rings. The molecule has 0 bridgehead atoms. The van der Waals surface area contributed by atoms with Crippen molar-refractivity contribution >= 4 is 51.8 Å². The van der Waals surface area contributed by atoms with Crippen LogP contribution in [0.3, 0.4) is 0 Å². The minimum absolute atomic E-state index is 0.0702. The lowest BCUT2D eigenvalue weighted by atomic mass is 10.1. The van der Waals surface area contributed by atoms with Gasteiger partial charge in [-0.3, -0.25) is 4.79 Å². The Morgan fingerprint density at radius 1 is 1.10 bits per heavy atom. The highest BCUT2D eigenvalue weighted by molar-refractivity contribution is 9.10. The van der Waals surface area contributed by atoms with Gasteiger partial charge in [0.05, 0.1) is 5.03 Å². The number of hydrogen-bond acceptors (Lipinski definition) is 5. The molecule has 1 aliphatic heterocycles. The van der Waals surface area contributed by atoms with E-state index >= 15 is 0 Å². The van der Waals surface area contributed by atoms with Crippen molar-refractivity contribution in [2.45, 2.75) is 6.17 Å². The molecule has 1 amide bonds. The fraction of sp³-hybridized carbons (Fsp3) is 0.0476. The van der Waals surface area contributed by atoms with Crippen LogP contribution in [0, 0.1) is 11.3 Å².